The number of aromatic nitrogens is 2. The number of aliphatic hydroxyl groups is 1. The molecule has 0 spiro atoms. The van der Waals surface area contributed by atoms with E-state index in [2.05, 4.69) is 31.2 Å². The average Bonchev–Trinajstić information content (AvgIpc) is 3.25. The topological polar surface area (TPSA) is 81.2 Å². The number of carbonyl (C=O) groups is 1. The summed E-state index contributed by atoms with van der Waals surface area (Å²) in [5, 5.41) is 12.9. The number of nitrogens with one attached hydrogen (secondary N) is 2. The van der Waals surface area contributed by atoms with Gasteiger partial charge in [-0.05, 0) is 30.7 Å². The molecule has 4 rings (SSSR count). The van der Waals surface area contributed by atoms with Crippen LogP contribution in [0.1, 0.15) is 17.8 Å². The van der Waals surface area contributed by atoms with Gasteiger partial charge in [-0.1, -0.05) is 34.1 Å². The van der Waals surface area contributed by atoms with Crippen LogP contribution in [-0.2, 0) is 17.9 Å². The van der Waals surface area contributed by atoms with Crippen molar-refractivity contribution >= 4 is 32.9 Å². The molecule has 0 bridgehead atoms. The zero-order chi connectivity index (χ0) is 19.7. The molecule has 146 valence electrons. The number of carbonyl (C=O) groups excluding carboxylic acids is 1. The summed E-state index contributed by atoms with van der Waals surface area (Å²) in [4.78, 5) is 22.1. The minimum Gasteiger partial charge on any atom is -0.392 e. The number of hydrogen-bond acceptors (Lipinski definition) is 4. The van der Waals surface area contributed by atoms with Crippen molar-refractivity contribution in [3.8, 4) is 0 Å². The van der Waals surface area contributed by atoms with Crippen LogP contribution < -0.4 is 5.32 Å². The third-order valence-electron chi connectivity index (χ3n) is 4.94. The van der Waals surface area contributed by atoms with Crippen molar-refractivity contribution in [2.24, 2.45) is 0 Å². The van der Waals surface area contributed by atoms with Crippen molar-refractivity contribution in [3.63, 3.8) is 0 Å². The Morgan fingerprint density at radius 2 is 2.18 bits per heavy atom. The van der Waals surface area contributed by atoms with E-state index >= 15 is 0 Å². The maximum atomic E-state index is 14.2. The van der Waals surface area contributed by atoms with E-state index < -0.39 is 12.1 Å². The minimum absolute atomic E-state index is 0.200. The molecule has 3 aromatic rings. The summed E-state index contributed by atoms with van der Waals surface area (Å²) >= 11 is 3.24. The molecule has 1 fully saturated rings. The number of aromatic amines is 1. The zero-order valence-electron chi connectivity index (χ0n) is 15.0. The summed E-state index contributed by atoms with van der Waals surface area (Å²) in [6, 6.07) is 12.0. The first-order chi connectivity index (χ1) is 13.5. The minimum atomic E-state index is -0.611. The van der Waals surface area contributed by atoms with E-state index in [4.69, 9.17) is 0 Å². The highest BCUT2D eigenvalue weighted by molar-refractivity contribution is 9.10. The van der Waals surface area contributed by atoms with Crippen molar-refractivity contribution < 1.29 is 14.3 Å². The van der Waals surface area contributed by atoms with Crippen LogP contribution in [0.15, 0.2) is 46.9 Å². The van der Waals surface area contributed by atoms with E-state index in [0.29, 0.717) is 28.8 Å². The second kappa shape index (κ2) is 7.98. The molecular formula is C20H20BrFN4O2. The quantitative estimate of drug-likeness (QED) is 0.562. The first-order valence-corrected chi connectivity index (χ1v) is 9.86. The van der Waals surface area contributed by atoms with Crippen molar-refractivity contribution in [2.45, 2.75) is 31.7 Å². The summed E-state index contributed by atoms with van der Waals surface area (Å²) in [7, 11) is 0. The molecule has 1 aromatic heterocycles. The molecule has 6 nitrogen and oxygen atoms in total. The summed E-state index contributed by atoms with van der Waals surface area (Å²) in [5.41, 5.74) is 2.25. The van der Waals surface area contributed by atoms with Gasteiger partial charge < -0.3 is 15.4 Å². The molecule has 3 N–H and O–H groups in total. The normalized spacial score (nSPS) is 20.0. The summed E-state index contributed by atoms with van der Waals surface area (Å²) in [6.07, 6.45) is -0.287. The predicted octanol–water partition coefficient (Wildman–Crippen LogP) is 2.72. The van der Waals surface area contributed by atoms with Gasteiger partial charge in [0, 0.05) is 23.1 Å². The number of likely N-dealkylation sites (tertiary alicyclic amines) is 1. The fourth-order valence-electron chi connectivity index (χ4n) is 3.57. The maximum Gasteiger partial charge on any atom is 0.237 e. The third-order valence-corrected chi connectivity index (χ3v) is 5.43. The molecule has 2 aromatic carbocycles. The second-order valence-electron chi connectivity index (χ2n) is 6.99. The Morgan fingerprint density at radius 1 is 1.36 bits per heavy atom. The van der Waals surface area contributed by atoms with Crippen LogP contribution in [0.5, 0.6) is 0 Å². The Morgan fingerprint density at radius 3 is 2.96 bits per heavy atom. The van der Waals surface area contributed by atoms with Gasteiger partial charge >= 0.3 is 0 Å². The number of rotatable bonds is 5. The van der Waals surface area contributed by atoms with E-state index in [1.807, 2.05) is 29.2 Å². The third kappa shape index (κ3) is 4.09. The molecule has 1 amide bonds. The van der Waals surface area contributed by atoms with Gasteiger partial charge in [-0.2, -0.15) is 0 Å². The molecule has 2 atom stereocenters. The van der Waals surface area contributed by atoms with Crippen molar-refractivity contribution in [2.75, 3.05) is 6.54 Å². The molecule has 28 heavy (non-hydrogen) atoms. The highest BCUT2D eigenvalue weighted by Gasteiger charge is 2.36. The Hall–Kier alpha value is -2.29. The highest BCUT2D eigenvalue weighted by atomic mass is 79.9. The Labute approximate surface area is 169 Å². The Bertz CT molecular complexity index is 976. The smallest absolute Gasteiger partial charge is 0.237 e. The lowest BCUT2D eigenvalue weighted by Gasteiger charge is -2.23. The molecule has 0 aliphatic carbocycles. The number of fused-ring (bicyclic) bond motifs is 1. The summed E-state index contributed by atoms with van der Waals surface area (Å²) in [5.74, 6) is 0.130. The van der Waals surface area contributed by atoms with Gasteiger partial charge in [-0.3, -0.25) is 9.69 Å². The van der Waals surface area contributed by atoms with Gasteiger partial charge in [0.15, 0.2) is 0 Å². The SMILES string of the molecule is O=C(NCc1nc2ccccc2[nH]1)[C@@H]1C[C@@H](O)CN1Cc1ccc(Br)cc1F. The fourth-order valence-corrected chi connectivity index (χ4v) is 3.91. The fraction of sp³-hybridized carbons (Fsp3) is 0.300. The number of para-hydroxylation sites is 2. The van der Waals surface area contributed by atoms with E-state index in [1.54, 1.807) is 12.1 Å². The molecular weight excluding hydrogens is 427 g/mol. The van der Waals surface area contributed by atoms with Crippen molar-refractivity contribution in [3.05, 3.63) is 64.1 Å². The number of amides is 1. The molecule has 0 saturated carbocycles. The lowest BCUT2D eigenvalue weighted by atomic mass is 10.1. The van der Waals surface area contributed by atoms with Gasteiger partial charge in [-0.15, -0.1) is 0 Å². The largest absolute Gasteiger partial charge is 0.392 e. The molecule has 2 heterocycles. The zero-order valence-corrected chi connectivity index (χ0v) is 16.6. The summed E-state index contributed by atoms with van der Waals surface area (Å²) < 4.78 is 14.8. The lowest BCUT2D eigenvalue weighted by molar-refractivity contribution is -0.125. The van der Waals surface area contributed by atoms with Crippen LogP contribution in [-0.4, -0.2) is 44.6 Å². The van der Waals surface area contributed by atoms with Crippen LogP contribution in [0.4, 0.5) is 4.39 Å². The number of nitrogens with zero attached hydrogens (tertiary/aromatic N) is 2. The average molecular weight is 447 g/mol. The molecule has 1 saturated heterocycles. The van der Waals surface area contributed by atoms with Crippen LogP contribution in [0, 0.1) is 5.82 Å². The first-order valence-electron chi connectivity index (χ1n) is 9.07. The van der Waals surface area contributed by atoms with Crippen LogP contribution in [0.2, 0.25) is 0 Å². The van der Waals surface area contributed by atoms with E-state index in [0.717, 1.165) is 11.0 Å². The van der Waals surface area contributed by atoms with E-state index in [-0.39, 0.29) is 24.8 Å². The van der Waals surface area contributed by atoms with E-state index in [1.165, 1.54) is 6.07 Å². The van der Waals surface area contributed by atoms with Gasteiger partial charge in [-0.25, -0.2) is 9.37 Å². The molecule has 1 aliphatic rings. The van der Waals surface area contributed by atoms with Crippen LogP contribution in [0.3, 0.4) is 0 Å². The lowest BCUT2D eigenvalue weighted by Crippen LogP contribution is -2.42. The number of β-amino-alcohol motifs (C(OH)–C–C–N with tert-alkyl or cyclic N) is 1. The van der Waals surface area contributed by atoms with Crippen LogP contribution >= 0.6 is 15.9 Å². The predicted molar refractivity (Wildman–Crippen MR) is 107 cm³/mol. The number of aliphatic hydroxyl groups excluding tert-OH is 1. The number of H-pyrrole nitrogens is 1. The monoisotopic (exact) mass is 446 g/mol. The molecule has 0 unspecified atom stereocenters. The number of benzene rings is 2. The van der Waals surface area contributed by atoms with Gasteiger partial charge in [0.2, 0.25) is 5.91 Å². The number of imidazole rings is 1. The molecule has 1 aliphatic heterocycles. The van der Waals surface area contributed by atoms with E-state index in [9.17, 15) is 14.3 Å². The highest BCUT2D eigenvalue weighted by Crippen LogP contribution is 2.23. The Balaban J connectivity index is 1.42. The summed E-state index contributed by atoms with van der Waals surface area (Å²) in [6.45, 7) is 0.859. The van der Waals surface area contributed by atoms with Gasteiger partial charge in [0.05, 0.1) is 29.7 Å². The first kappa shape index (κ1) is 19.0. The molecule has 8 heteroatoms. The van der Waals surface area contributed by atoms with Gasteiger partial charge in [0.1, 0.15) is 11.6 Å². The number of halogens is 2. The van der Waals surface area contributed by atoms with Crippen molar-refractivity contribution in [1.29, 1.82) is 0 Å². The second-order valence-corrected chi connectivity index (χ2v) is 7.90. The number of hydrogen-bond donors (Lipinski definition) is 3. The molecule has 0 radical (unpaired) electrons. The Kier molecular flexibility index (Phi) is 5.43. The van der Waals surface area contributed by atoms with Gasteiger partial charge in [0.25, 0.3) is 0 Å². The van der Waals surface area contributed by atoms with Crippen LogP contribution in [0.25, 0.3) is 11.0 Å². The maximum absolute atomic E-state index is 14.2. The van der Waals surface area contributed by atoms with Crippen molar-refractivity contribution in [1.82, 2.24) is 20.2 Å². The standard InChI is InChI=1S/C20H20BrFN4O2/c21-13-6-5-12(15(22)7-13)10-26-11-14(27)8-18(26)20(28)23-9-19-24-16-3-1-2-4-17(16)25-19/h1-7,14,18,27H,8-11H2,(H,23,28)(H,24,25)/t14-,18+/m1/s1.